The number of benzene rings is 2. The number of carbonyl (C=O) groups is 3. The van der Waals surface area contributed by atoms with E-state index in [9.17, 15) is 22.8 Å². The summed E-state index contributed by atoms with van der Waals surface area (Å²) in [6.07, 6.45) is 1.43. The maximum atomic E-state index is 12.9. The van der Waals surface area contributed by atoms with Crippen molar-refractivity contribution in [2.24, 2.45) is 0 Å². The zero-order chi connectivity index (χ0) is 20.8. The number of ether oxygens (including phenoxy) is 1. The smallest absolute Gasteiger partial charge is 0.335 e. The van der Waals surface area contributed by atoms with Crippen molar-refractivity contribution < 1.29 is 32.6 Å². The largest absolute Gasteiger partial charge is 0.478 e. The molecule has 1 fully saturated rings. The van der Waals surface area contributed by atoms with Crippen LogP contribution in [0.15, 0.2) is 52.3 Å². The van der Waals surface area contributed by atoms with Gasteiger partial charge in [0.1, 0.15) is 0 Å². The maximum absolute atomic E-state index is 12.9. The molecule has 0 bridgehead atoms. The molecule has 0 saturated carbocycles. The van der Waals surface area contributed by atoms with Crippen molar-refractivity contribution in [2.45, 2.75) is 28.7 Å². The summed E-state index contributed by atoms with van der Waals surface area (Å²) in [7, 11) is -3.98. The minimum atomic E-state index is -3.98. The van der Waals surface area contributed by atoms with Crippen LogP contribution in [0.2, 0.25) is 0 Å². The Morgan fingerprint density at radius 3 is 2.31 bits per heavy atom. The minimum absolute atomic E-state index is 0.0382. The van der Waals surface area contributed by atoms with E-state index in [4.69, 9.17) is 9.84 Å². The molecule has 9 heteroatoms. The van der Waals surface area contributed by atoms with Crippen molar-refractivity contribution in [3.8, 4) is 0 Å². The number of fused-ring (bicyclic) bond motifs is 1. The van der Waals surface area contributed by atoms with E-state index in [0.717, 1.165) is 17.7 Å². The molecule has 29 heavy (non-hydrogen) atoms. The molecule has 0 aromatic heterocycles. The Morgan fingerprint density at radius 2 is 1.69 bits per heavy atom. The van der Waals surface area contributed by atoms with Gasteiger partial charge in [-0.2, -0.15) is 0 Å². The lowest BCUT2D eigenvalue weighted by Crippen LogP contribution is -2.36. The molecule has 1 atom stereocenters. The molecule has 2 aliphatic rings. The second kappa shape index (κ2) is 7.09. The third-order valence-corrected chi connectivity index (χ3v) is 6.84. The summed E-state index contributed by atoms with van der Waals surface area (Å²) in [4.78, 5) is 37.1. The van der Waals surface area contributed by atoms with Crippen molar-refractivity contribution in [3.63, 3.8) is 0 Å². The zero-order valence-corrected chi connectivity index (χ0v) is 16.0. The summed E-state index contributed by atoms with van der Waals surface area (Å²) in [6, 6.07) is 8.60. The number of hydrogen-bond donors (Lipinski definition) is 1. The van der Waals surface area contributed by atoms with Gasteiger partial charge in [-0.25, -0.2) is 13.2 Å². The normalized spacial score (nSPS) is 18.9. The summed E-state index contributed by atoms with van der Waals surface area (Å²) >= 11 is 0. The Morgan fingerprint density at radius 1 is 1.03 bits per heavy atom. The van der Waals surface area contributed by atoms with Crippen LogP contribution in [-0.2, 0) is 14.6 Å². The predicted octanol–water partition coefficient (Wildman–Crippen LogP) is 1.99. The number of carboxylic acid groups (broad SMARTS) is 1. The van der Waals surface area contributed by atoms with Crippen LogP contribution in [0.25, 0.3) is 0 Å². The highest BCUT2D eigenvalue weighted by atomic mass is 32.2. The van der Waals surface area contributed by atoms with Crippen LogP contribution >= 0.6 is 0 Å². The van der Waals surface area contributed by atoms with Crippen LogP contribution in [-0.4, -0.2) is 55.5 Å². The van der Waals surface area contributed by atoms with Gasteiger partial charge in [0.05, 0.1) is 39.1 Å². The topological polar surface area (TPSA) is 118 Å². The Kier molecular flexibility index (Phi) is 4.71. The predicted molar refractivity (Wildman–Crippen MR) is 99.6 cm³/mol. The van der Waals surface area contributed by atoms with E-state index in [1.54, 1.807) is 0 Å². The van der Waals surface area contributed by atoms with Crippen LogP contribution < -0.4 is 0 Å². The summed E-state index contributed by atoms with van der Waals surface area (Å²) in [5.41, 5.74) is 0.160. The molecule has 2 aromatic rings. The molecule has 0 spiro atoms. The molecule has 2 aromatic carbocycles. The SMILES string of the molecule is O=C(O)c1ccc(S(=O)(=O)c2ccc3c(c2)C(=O)N(C[C@@H]2CCCO2)C3=O)cc1. The quantitative estimate of drug-likeness (QED) is 0.742. The molecule has 0 aliphatic carbocycles. The monoisotopic (exact) mass is 415 g/mol. The number of rotatable bonds is 5. The van der Waals surface area contributed by atoms with E-state index in [-0.39, 0.29) is 39.1 Å². The van der Waals surface area contributed by atoms with Gasteiger partial charge in [0.2, 0.25) is 9.84 Å². The van der Waals surface area contributed by atoms with E-state index in [0.29, 0.717) is 6.61 Å². The lowest BCUT2D eigenvalue weighted by Gasteiger charge is -2.17. The first-order valence-corrected chi connectivity index (χ1v) is 10.5. The fourth-order valence-electron chi connectivity index (χ4n) is 3.51. The van der Waals surface area contributed by atoms with Crippen molar-refractivity contribution in [1.29, 1.82) is 0 Å². The molecule has 8 nitrogen and oxygen atoms in total. The zero-order valence-electron chi connectivity index (χ0n) is 15.2. The number of sulfone groups is 1. The van der Waals surface area contributed by atoms with E-state index in [1.165, 1.54) is 42.5 Å². The summed E-state index contributed by atoms with van der Waals surface area (Å²) in [5.74, 6) is -2.17. The van der Waals surface area contributed by atoms with Crippen LogP contribution in [0.1, 0.15) is 43.9 Å². The number of amides is 2. The minimum Gasteiger partial charge on any atom is -0.478 e. The second-order valence-corrected chi connectivity index (χ2v) is 8.85. The van der Waals surface area contributed by atoms with E-state index in [1.807, 2.05) is 0 Å². The average Bonchev–Trinajstić information content (AvgIpc) is 3.31. The van der Waals surface area contributed by atoms with Gasteiger partial charge in [0.25, 0.3) is 11.8 Å². The molecule has 4 rings (SSSR count). The first kappa shape index (κ1) is 19.3. The van der Waals surface area contributed by atoms with Gasteiger partial charge in [0, 0.05) is 6.61 Å². The van der Waals surface area contributed by atoms with Gasteiger partial charge in [0.15, 0.2) is 0 Å². The molecule has 2 amide bonds. The fourth-order valence-corrected chi connectivity index (χ4v) is 4.79. The van der Waals surface area contributed by atoms with Crippen molar-refractivity contribution >= 4 is 27.6 Å². The maximum Gasteiger partial charge on any atom is 0.335 e. The van der Waals surface area contributed by atoms with Crippen molar-refractivity contribution in [2.75, 3.05) is 13.2 Å². The average molecular weight is 415 g/mol. The van der Waals surface area contributed by atoms with Gasteiger partial charge in [-0.3, -0.25) is 14.5 Å². The van der Waals surface area contributed by atoms with Crippen LogP contribution in [0, 0.1) is 0 Å². The third-order valence-electron chi connectivity index (χ3n) is 5.07. The molecule has 1 N–H and O–H groups in total. The Labute approximate surface area is 166 Å². The fraction of sp³-hybridized carbons (Fsp3) is 0.250. The Bertz CT molecular complexity index is 1120. The number of carbonyl (C=O) groups excluding carboxylic acids is 2. The number of hydrogen-bond acceptors (Lipinski definition) is 6. The van der Waals surface area contributed by atoms with Crippen molar-refractivity contribution in [3.05, 3.63) is 59.2 Å². The van der Waals surface area contributed by atoms with E-state index >= 15 is 0 Å². The van der Waals surface area contributed by atoms with Gasteiger partial charge in [-0.15, -0.1) is 0 Å². The standard InChI is InChI=1S/C20H17NO7S/c22-18-16-8-7-15(29(26,27)14-5-3-12(4-6-14)20(24)25)10-17(16)19(23)21(18)11-13-2-1-9-28-13/h3-8,10,13H,1-2,9,11H2,(H,24,25)/t13-/m0/s1. The summed E-state index contributed by atoms with van der Waals surface area (Å²) < 4.78 is 31.3. The first-order chi connectivity index (χ1) is 13.8. The molecule has 1 saturated heterocycles. The molecule has 2 aliphatic heterocycles. The lowest BCUT2D eigenvalue weighted by molar-refractivity contribution is 0.0475. The second-order valence-electron chi connectivity index (χ2n) is 6.90. The van der Waals surface area contributed by atoms with E-state index < -0.39 is 27.6 Å². The number of imide groups is 1. The summed E-state index contributed by atoms with van der Waals surface area (Å²) in [6.45, 7) is 0.738. The van der Waals surface area contributed by atoms with Crippen LogP contribution in [0.4, 0.5) is 0 Å². The molecule has 0 unspecified atom stereocenters. The van der Waals surface area contributed by atoms with Gasteiger partial charge in [-0.1, -0.05) is 0 Å². The summed E-state index contributed by atoms with van der Waals surface area (Å²) in [5, 5.41) is 8.95. The van der Waals surface area contributed by atoms with Gasteiger partial charge >= 0.3 is 5.97 Å². The first-order valence-electron chi connectivity index (χ1n) is 8.99. The van der Waals surface area contributed by atoms with E-state index in [2.05, 4.69) is 0 Å². The Hall–Kier alpha value is -3.04. The Balaban J connectivity index is 1.65. The number of nitrogens with zero attached hydrogens (tertiary/aromatic N) is 1. The van der Waals surface area contributed by atoms with Crippen molar-refractivity contribution in [1.82, 2.24) is 4.90 Å². The highest BCUT2D eigenvalue weighted by Gasteiger charge is 2.38. The molecule has 0 radical (unpaired) electrons. The molecular weight excluding hydrogens is 398 g/mol. The third kappa shape index (κ3) is 3.32. The highest BCUT2D eigenvalue weighted by molar-refractivity contribution is 7.91. The molecule has 150 valence electrons. The molecular formula is C20H17NO7S. The van der Waals surface area contributed by atoms with Crippen LogP contribution in [0.5, 0.6) is 0 Å². The number of aromatic carboxylic acids is 1. The lowest BCUT2D eigenvalue weighted by atomic mass is 10.1. The van der Waals surface area contributed by atoms with Crippen LogP contribution in [0.3, 0.4) is 0 Å². The van der Waals surface area contributed by atoms with Gasteiger partial charge < -0.3 is 9.84 Å². The molecule has 2 heterocycles. The number of carboxylic acids is 1. The van der Waals surface area contributed by atoms with Gasteiger partial charge in [-0.05, 0) is 55.3 Å². The highest BCUT2D eigenvalue weighted by Crippen LogP contribution is 2.29.